The van der Waals surface area contributed by atoms with Gasteiger partial charge in [0.05, 0.1) is 28.1 Å². The van der Waals surface area contributed by atoms with E-state index < -0.39 is 22.8 Å². The number of H-pyrrole nitrogens is 1. The van der Waals surface area contributed by atoms with Gasteiger partial charge in [-0.2, -0.15) is 13.2 Å². The van der Waals surface area contributed by atoms with Gasteiger partial charge < -0.3 is 15.6 Å². The van der Waals surface area contributed by atoms with Crippen molar-refractivity contribution in [3.8, 4) is 0 Å². The highest BCUT2D eigenvalue weighted by Crippen LogP contribution is 2.37. The number of pyridine rings is 1. The van der Waals surface area contributed by atoms with Crippen molar-refractivity contribution < 1.29 is 18.0 Å². The Hall–Kier alpha value is -3.59. The Morgan fingerprint density at radius 2 is 1.84 bits per heavy atom. The van der Waals surface area contributed by atoms with Crippen LogP contribution in [0.1, 0.15) is 29.5 Å². The highest BCUT2D eigenvalue weighted by atomic mass is 35.5. The van der Waals surface area contributed by atoms with Crippen LogP contribution in [0.2, 0.25) is 5.02 Å². The van der Waals surface area contributed by atoms with Gasteiger partial charge in [-0.05, 0) is 47.5 Å². The Labute approximate surface area is 185 Å². The minimum absolute atomic E-state index is 0.0443. The molecule has 0 aliphatic carbocycles. The van der Waals surface area contributed by atoms with Crippen molar-refractivity contribution in [2.45, 2.75) is 19.0 Å². The van der Waals surface area contributed by atoms with E-state index in [9.17, 15) is 18.0 Å². The average molecular weight is 460 g/mol. The van der Waals surface area contributed by atoms with Gasteiger partial charge in [0.1, 0.15) is 5.52 Å². The van der Waals surface area contributed by atoms with Crippen LogP contribution in [0, 0.1) is 0 Å². The normalized spacial score (nSPS) is 12.5. The first kappa shape index (κ1) is 21.6. The number of carbonyl (C=O) groups is 1. The number of hydrogen-bond donors (Lipinski definition) is 3. The summed E-state index contributed by atoms with van der Waals surface area (Å²) in [7, 11) is 0. The van der Waals surface area contributed by atoms with Gasteiger partial charge in [-0.1, -0.05) is 24.6 Å². The number of aromatic amines is 1. The number of nitrogens with one attached hydrogen (secondary N) is 3. The number of alkyl halides is 3. The second-order valence-electron chi connectivity index (χ2n) is 7.10. The van der Waals surface area contributed by atoms with Gasteiger partial charge in [0.2, 0.25) is 0 Å². The van der Waals surface area contributed by atoms with Crippen LogP contribution >= 0.6 is 11.6 Å². The molecule has 1 atom stereocenters. The van der Waals surface area contributed by atoms with Crippen LogP contribution in [0.15, 0.2) is 61.2 Å². The maximum Gasteiger partial charge on any atom is 0.417 e. The molecule has 164 valence electrons. The van der Waals surface area contributed by atoms with Crippen molar-refractivity contribution in [2.24, 2.45) is 0 Å². The zero-order valence-electron chi connectivity index (χ0n) is 16.7. The van der Waals surface area contributed by atoms with E-state index in [2.05, 4.69) is 25.6 Å². The van der Waals surface area contributed by atoms with Crippen LogP contribution in [-0.2, 0) is 6.18 Å². The number of anilines is 2. The van der Waals surface area contributed by atoms with Crippen molar-refractivity contribution in [1.82, 2.24) is 15.0 Å². The number of hydrogen-bond acceptors (Lipinski definition) is 3. The second kappa shape index (κ2) is 8.51. The summed E-state index contributed by atoms with van der Waals surface area (Å²) >= 11 is 5.65. The number of imidazole rings is 1. The maximum atomic E-state index is 13.1. The molecular formula is C22H17ClF3N5O. The third-order valence-electron chi connectivity index (χ3n) is 5.06. The molecule has 1 unspecified atom stereocenters. The smallest absolute Gasteiger partial charge is 0.345 e. The van der Waals surface area contributed by atoms with Crippen molar-refractivity contribution in [2.75, 3.05) is 10.6 Å². The second-order valence-corrected chi connectivity index (χ2v) is 7.51. The molecule has 0 bridgehead atoms. The zero-order valence-corrected chi connectivity index (χ0v) is 17.4. The Kier molecular flexibility index (Phi) is 5.75. The standard InChI is InChI=1S/C22H17ClF3N5O/c1-12(13-6-8-27-9-7-13)15-3-5-18-20(29-11-28-18)19(15)31-21(32)30-14-2-4-17(23)16(10-14)22(24,25)26/h2-12H,1H3,(H,28,29)(H2,30,31,32). The van der Waals surface area contributed by atoms with Gasteiger partial charge >= 0.3 is 12.2 Å². The summed E-state index contributed by atoms with van der Waals surface area (Å²) in [4.78, 5) is 24.0. The molecule has 4 rings (SSSR count). The lowest BCUT2D eigenvalue weighted by atomic mass is 9.92. The van der Waals surface area contributed by atoms with Gasteiger partial charge in [0.25, 0.3) is 0 Å². The molecule has 3 N–H and O–H groups in total. The van der Waals surface area contributed by atoms with E-state index in [1.54, 1.807) is 12.4 Å². The number of amides is 2. The van der Waals surface area contributed by atoms with Crippen LogP contribution in [0.4, 0.5) is 29.3 Å². The number of carbonyl (C=O) groups excluding carboxylic acids is 1. The number of urea groups is 1. The molecular weight excluding hydrogens is 443 g/mol. The van der Waals surface area contributed by atoms with E-state index in [0.717, 1.165) is 23.3 Å². The number of nitrogens with zero attached hydrogens (tertiary/aromatic N) is 2. The van der Waals surface area contributed by atoms with E-state index in [1.807, 2.05) is 31.2 Å². The lowest BCUT2D eigenvalue weighted by Crippen LogP contribution is -2.21. The van der Waals surface area contributed by atoms with Crippen LogP contribution in [0.25, 0.3) is 11.0 Å². The SMILES string of the molecule is CC(c1ccncc1)c1ccc2[nH]cnc2c1NC(=O)Nc1ccc(Cl)c(C(F)(F)F)c1. The summed E-state index contributed by atoms with van der Waals surface area (Å²) in [5.74, 6) is -0.109. The Morgan fingerprint density at radius 1 is 1.09 bits per heavy atom. The van der Waals surface area contributed by atoms with Crippen LogP contribution in [-0.4, -0.2) is 21.0 Å². The number of benzene rings is 2. The first-order valence-corrected chi connectivity index (χ1v) is 9.92. The first-order valence-electron chi connectivity index (χ1n) is 9.54. The fourth-order valence-corrected chi connectivity index (χ4v) is 3.67. The topological polar surface area (TPSA) is 82.7 Å². The fraction of sp³-hybridized carbons (Fsp3) is 0.136. The fourth-order valence-electron chi connectivity index (χ4n) is 3.44. The highest BCUT2D eigenvalue weighted by Gasteiger charge is 2.33. The Balaban J connectivity index is 1.65. The van der Waals surface area contributed by atoms with E-state index in [0.29, 0.717) is 16.7 Å². The quantitative estimate of drug-likeness (QED) is 0.329. The molecule has 0 saturated carbocycles. The molecule has 0 radical (unpaired) electrons. The number of rotatable bonds is 4. The summed E-state index contributed by atoms with van der Waals surface area (Å²) in [5, 5.41) is 4.74. The van der Waals surface area contributed by atoms with Gasteiger partial charge in [-0.3, -0.25) is 4.98 Å². The molecule has 4 aromatic rings. The van der Waals surface area contributed by atoms with Gasteiger partial charge in [0.15, 0.2) is 0 Å². The van der Waals surface area contributed by atoms with Crippen molar-refractivity contribution in [3.63, 3.8) is 0 Å². The van der Waals surface area contributed by atoms with E-state index >= 15 is 0 Å². The molecule has 2 aromatic carbocycles. The highest BCUT2D eigenvalue weighted by molar-refractivity contribution is 6.31. The van der Waals surface area contributed by atoms with Crippen LogP contribution in [0.5, 0.6) is 0 Å². The summed E-state index contributed by atoms with van der Waals surface area (Å²) in [6.45, 7) is 1.97. The number of aromatic nitrogens is 3. The Morgan fingerprint density at radius 3 is 2.56 bits per heavy atom. The molecule has 6 nitrogen and oxygen atoms in total. The van der Waals surface area contributed by atoms with Gasteiger partial charge in [0, 0.05) is 24.0 Å². The van der Waals surface area contributed by atoms with Crippen molar-refractivity contribution >= 4 is 40.0 Å². The molecule has 0 aliphatic heterocycles. The predicted molar refractivity (Wildman–Crippen MR) is 117 cm³/mol. The minimum Gasteiger partial charge on any atom is -0.345 e. The summed E-state index contributed by atoms with van der Waals surface area (Å²) in [6.07, 6.45) is 0.220. The lowest BCUT2D eigenvalue weighted by Gasteiger charge is -2.18. The first-order chi connectivity index (χ1) is 15.2. The maximum absolute atomic E-state index is 13.1. The van der Waals surface area contributed by atoms with Gasteiger partial charge in [-0.15, -0.1) is 0 Å². The Bertz CT molecular complexity index is 1270. The van der Waals surface area contributed by atoms with Crippen molar-refractivity contribution in [1.29, 1.82) is 0 Å². The average Bonchev–Trinajstić information content (AvgIpc) is 3.24. The third kappa shape index (κ3) is 4.38. The van der Waals surface area contributed by atoms with Crippen molar-refractivity contribution in [3.05, 3.63) is 82.9 Å². The lowest BCUT2D eigenvalue weighted by molar-refractivity contribution is -0.137. The number of halogens is 4. The summed E-state index contributed by atoms with van der Waals surface area (Å²) in [5.41, 5.74) is 2.39. The minimum atomic E-state index is -4.64. The van der Waals surface area contributed by atoms with Gasteiger partial charge in [-0.25, -0.2) is 9.78 Å². The third-order valence-corrected chi connectivity index (χ3v) is 5.39. The van der Waals surface area contributed by atoms with Crippen LogP contribution in [0.3, 0.4) is 0 Å². The molecule has 10 heteroatoms. The van der Waals surface area contributed by atoms with E-state index in [4.69, 9.17) is 11.6 Å². The molecule has 2 aromatic heterocycles. The molecule has 32 heavy (non-hydrogen) atoms. The van der Waals surface area contributed by atoms with Crippen LogP contribution < -0.4 is 10.6 Å². The molecule has 0 spiro atoms. The molecule has 0 saturated heterocycles. The molecule has 0 aliphatic rings. The number of fused-ring (bicyclic) bond motifs is 1. The monoisotopic (exact) mass is 459 g/mol. The van der Waals surface area contributed by atoms with E-state index in [-0.39, 0.29) is 11.6 Å². The molecule has 0 fully saturated rings. The molecule has 2 heterocycles. The molecule has 2 amide bonds. The largest absolute Gasteiger partial charge is 0.417 e. The summed E-state index contributed by atoms with van der Waals surface area (Å²) < 4.78 is 39.4. The predicted octanol–water partition coefficient (Wildman–Crippen LogP) is 6.43. The zero-order chi connectivity index (χ0) is 22.9. The summed E-state index contributed by atoms with van der Waals surface area (Å²) in [6, 6.07) is 9.93. The van der Waals surface area contributed by atoms with E-state index in [1.165, 1.54) is 12.4 Å².